The molecule has 0 bridgehead atoms. The van der Waals surface area contributed by atoms with Gasteiger partial charge in [0.1, 0.15) is 5.82 Å². The van der Waals surface area contributed by atoms with Crippen LogP contribution in [-0.2, 0) is 6.42 Å². The maximum Gasteiger partial charge on any atom is 0.264 e. The molecule has 1 amide bonds. The lowest BCUT2D eigenvalue weighted by Crippen LogP contribution is -2.38. The van der Waals surface area contributed by atoms with Crippen LogP contribution in [0, 0.1) is 6.92 Å². The zero-order valence-corrected chi connectivity index (χ0v) is 19.1. The molecule has 0 aromatic carbocycles. The number of piperidine rings is 1. The molecule has 5 heterocycles. The van der Waals surface area contributed by atoms with E-state index in [0.717, 1.165) is 79.3 Å². The van der Waals surface area contributed by atoms with Gasteiger partial charge in [-0.25, -0.2) is 9.50 Å². The molecule has 3 aromatic heterocycles. The van der Waals surface area contributed by atoms with E-state index in [-0.39, 0.29) is 18.0 Å². The second-order valence-electron chi connectivity index (χ2n) is 8.74. The Kier molecular flexibility index (Phi) is 5.44. The molecule has 3 aromatic rings. The quantitative estimate of drug-likeness (QED) is 0.674. The lowest BCUT2D eigenvalue weighted by molar-refractivity contribution is 0.0611. The minimum atomic E-state index is -0.000841. The van der Waals surface area contributed by atoms with E-state index in [1.54, 1.807) is 11.3 Å². The summed E-state index contributed by atoms with van der Waals surface area (Å²) in [5.74, 6) is 1.12. The summed E-state index contributed by atoms with van der Waals surface area (Å²) in [7, 11) is 0. The molecule has 0 aliphatic carbocycles. The van der Waals surface area contributed by atoms with Crippen LogP contribution in [0.3, 0.4) is 0 Å². The van der Waals surface area contributed by atoms with E-state index in [0.29, 0.717) is 0 Å². The number of nitrogens with zero attached hydrogens (tertiary/aromatic N) is 5. The van der Waals surface area contributed by atoms with Crippen LogP contribution in [0.25, 0.3) is 5.65 Å². The highest BCUT2D eigenvalue weighted by atomic mass is 32.1. The molecule has 7 nitrogen and oxygen atoms in total. The van der Waals surface area contributed by atoms with Crippen LogP contribution in [0.15, 0.2) is 24.4 Å². The molecule has 2 aliphatic heterocycles. The Bertz CT molecular complexity index is 1100. The van der Waals surface area contributed by atoms with Crippen molar-refractivity contribution in [2.45, 2.75) is 58.0 Å². The predicted octanol–water partition coefficient (Wildman–Crippen LogP) is 3.57. The number of nitrogens with two attached hydrogens (primary N) is 1. The average molecular weight is 439 g/mol. The largest absolute Gasteiger partial charge is 0.355 e. The maximum atomic E-state index is 13.3. The first-order valence-electron chi connectivity index (χ1n) is 11.3. The number of hydrogen-bond acceptors (Lipinski definition) is 6. The first kappa shape index (κ1) is 20.5. The first-order valence-corrected chi connectivity index (χ1v) is 12.1. The van der Waals surface area contributed by atoms with Crippen LogP contribution in [0.4, 0.5) is 5.82 Å². The molecule has 0 saturated carbocycles. The van der Waals surface area contributed by atoms with E-state index in [4.69, 9.17) is 15.8 Å². The van der Waals surface area contributed by atoms with Crippen molar-refractivity contribution in [2.75, 3.05) is 24.5 Å². The molecule has 164 valence electrons. The van der Waals surface area contributed by atoms with Crippen molar-refractivity contribution in [3.63, 3.8) is 0 Å². The van der Waals surface area contributed by atoms with Gasteiger partial charge in [0, 0.05) is 48.4 Å². The monoisotopic (exact) mass is 438 g/mol. The van der Waals surface area contributed by atoms with Gasteiger partial charge in [-0.2, -0.15) is 5.10 Å². The van der Waals surface area contributed by atoms with Gasteiger partial charge in [0.25, 0.3) is 5.91 Å². The number of hydrogen-bond donors (Lipinski definition) is 1. The highest BCUT2D eigenvalue weighted by Crippen LogP contribution is 2.33. The SMILES string of the molecule is CCc1ccc(C(=O)N2CCCC[C@H]2c2cc3nc(N4CC[C@H](N)C4)c(C)cn3n2)s1. The fourth-order valence-electron chi connectivity index (χ4n) is 4.79. The number of amides is 1. The third-order valence-electron chi connectivity index (χ3n) is 6.47. The van der Waals surface area contributed by atoms with E-state index < -0.39 is 0 Å². The van der Waals surface area contributed by atoms with Gasteiger partial charge in [0.15, 0.2) is 5.65 Å². The smallest absolute Gasteiger partial charge is 0.264 e. The van der Waals surface area contributed by atoms with E-state index in [9.17, 15) is 4.79 Å². The Morgan fingerprint density at radius 2 is 2.13 bits per heavy atom. The summed E-state index contributed by atoms with van der Waals surface area (Å²) in [6.45, 7) is 6.76. The molecule has 8 heteroatoms. The average Bonchev–Trinajstić information content (AvgIpc) is 3.51. The van der Waals surface area contributed by atoms with Crippen LogP contribution in [-0.4, -0.2) is 51.1 Å². The number of likely N-dealkylation sites (tertiary alicyclic amines) is 1. The number of anilines is 1. The summed E-state index contributed by atoms with van der Waals surface area (Å²) in [5, 5.41) is 4.85. The van der Waals surface area contributed by atoms with Crippen molar-refractivity contribution in [3.05, 3.63) is 45.4 Å². The Morgan fingerprint density at radius 1 is 1.26 bits per heavy atom. The van der Waals surface area contributed by atoms with Crippen LogP contribution in [0.1, 0.15) is 64.5 Å². The number of aromatic nitrogens is 3. The molecule has 2 N–H and O–H groups in total. The molecule has 2 saturated heterocycles. The lowest BCUT2D eigenvalue weighted by Gasteiger charge is -2.34. The summed E-state index contributed by atoms with van der Waals surface area (Å²) in [5.41, 5.74) is 8.97. The predicted molar refractivity (Wildman–Crippen MR) is 124 cm³/mol. The van der Waals surface area contributed by atoms with Crippen molar-refractivity contribution in [2.24, 2.45) is 5.73 Å². The van der Waals surface area contributed by atoms with Gasteiger partial charge in [-0.3, -0.25) is 4.79 Å². The normalized spacial score (nSPS) is 21.9. The second kappa shape index (κ2) is 8.24. The zero-order valence-electron chi connectivity index (χ0n) is 18.3. The fraction of sp³-hybridized carbons (Fsp3) is 0.522. The fourth-order valence-corrected chi connectivity index (χ4v) is 5.69. The highest BCUT2D eigenvalue weighted by molar-refractivity contribution is 7.14. The van der Waals surface area contributed by atoms with Crippen molar-refractivity contribution >= 4 is 28.7 Å². The molecule has 2 aliphatic rings. The highest BCUT2D eigenvalue weighted by Gasteiger charge is 2.31. The molecular formula is C23H30N6OS. The summed E-state index contributed by atoms with van der Waals surface area (Å²) in [4.78, 5) is 24.6. The van der Waals surface area contributed by atoms with E-state index in [2.05, 4.69) is 30.9 Å². The zero-order chi connectivity index (χ0) is 21.5. The molecular weight excluding hydrogens is 408 g/mol. The van der Waals surface area contributed by atoms with Crippen molar-refractivity contribution in [3.8, 4) is 0 Å². The van der Waals surface area contributed by atoms with Gasteiger partial charge in [0.2, 0.25) is 0 Å². The second-order valence-corrected chi connectivity index (χ2v) is 9.91. The van der Waals surface area contributed by atoms with Gasteiger partial charge in [0.05, 0.1) is 16.6 Å². The van der Waals surface area contributed by atoms with Crippen LogP contribution in [0.2, 0.25) is 0 Å². The number of rotatable bonds is 4. The van der Waals surface area contributed by atoms with Gasteiger partial charge in [-0.05, 0) is 51.2 Å². The van der Waals surface area contributed by atoms with E-state index >= 15 is 0 Å². The van der Waals surface area contributed by atoms with Crippen LogP contribution in [0.5, 0.6) is 0 Å². The number of carbonyl (C=O) groups excluding carboxylic acids is 1. The topological polar surface area (TPSA) is 79.8 Å². The van der Waals surface area contributed by atoms with Crippen molar-refractivity contribution < 1.29 is 4.79 Å². The minimum Gasteiger partial charge on any atom is -0.355 e. The van der Waals surface area contributed by atoms with Crippen molar-refractivity contribution in [1.82, 2.24) is 19.5 Å². The summed E-state index contributed by atoms with van der Waals surface area (Å²) in [6.07, 6.45) is 7.09. The Hall–Kier alpha value is -2.45. The number of thiophene rings is 1. The van der Waals surface area contributed by atoms with Gasteiger partial charge >= 0.3 is 0 Å². The van der Waals surface area contributed by atoms with Crippen LogP contribution >= 0.6 is 11.3 Å². The maximum absolute atomic E-state index is 13.3. The van der Waals surface area contributed by atoms with Crippen molar-refractivity contribution in [1.29, 1.82) is 0 Å². The third-order valence-corrected chi connectivity index (χ3v) is 7.69. The first-order chi connectivity index (χ1) is 15.0. The van der Waals surface area contributed by atoms with Gasteiger partial charge in [-0.15, -0.1) is 11.3 Å². The summed E-state index contributed by atoms with van der Waals surface area (Å²) >= 11 is 1.61. The summed E-state index contributed by atoms with van der Waals surface area (Å²) in [6, 6.07) is 6.31. The van der Waals surface area contributed by atoms with Crippen LogP contribution < -0.4 is 10.6 Å². The minimum absolute atomic E-state index is 0.000841. The van der Waals surface area contributed by atoms with Gasteiger partial charge < -0.3 is 15.5 Å². The molecule has 0 radical (unpaired) electrons. The Labute approximate surface area is 186 Å². The van der Waals surface area contributed by atoms with Gasteiger partial charge in [-0.1, -0.05) is 6.92 Å². The Balaban J connectivity index is 1.45. The molecule has 2 fully saturated rings. The Morgan fingerprint density at radius 3 is 2.87 bits per heavy atom. The van der Waals surface area contributed by atoms with E-state index in [1.165, 1.54) is 4.88 Å². The lowest BCUT2D eigenvalue weighted by atomic mass is 9.99. The third kappa shape index (κ3) is 3.83. The number of fused-ring (bicyclic) bond motifs is 1. The molecule has 2 atom stereocenters. The summed E-state index contributed by atoms with van der Waals surface area (Å²) < 4.78 is 1.86. The number of carbonyl (C=O) groups is 1. The standard InChI is InChI=1S/C23H30N6OS/c1-3-17-7-8-20(31-17)23(30)28-10-5-4-6-19(28)18-12-21-25-22(15(2)13-29(21)26-18)27-11-9-16(24)14-27/h7-8,12-13,16,19H,3-6,9-11,14,24H2,1-2H3/t16-,19-/m0/s1. The number of aryl methyl sites for hydroxylation is 2. The molecule has 0 unspecified atom stereocenters. The molecule has 5 rings (SSSR count). The van der Waals surface area contributed by atoms with E-state index in [1.807, 2.05) is 21.7 Å². The molecule has 0 spiro atoms. The molecule has 31 heavy (non-hydrogen) atoms.